The molecule has 1 unspecified atom stereocenters. The number of hydrogen-bond donors (Lipinski definition) is 1. The summed E-state index contributed by atoms with van der Waals surface area (Å²) in [7, 11) is 0. The second-order valence-corrected chi connectivity index (χ2v) is 7.87. The van der Waals surface area contributed by atoms with E-state index in [0.29, 0.717) is 36.9 Å². The highest BCUT2D eigenvalue weighted by atomic mass is 16.1. The molecule has 0 bridgehead atoms. The van der Waals surface area contributed by atoms with Gasteiger partial charge >= 0.3 is 0 Å². The molecule has 6 nitrogen and oxygen atoms in total. The lowest BCUT2D eigenvalue weighted by molar-refractivity contribution is -0.121. The number of para-hydroxylation sites is 1. The number of amides is 1. The number of nitrogens with zero attached hydrogens (tertiary/aromatic N) is 3. The van der Waals surface area contributed by atoms with Gasteiger partial charge in [0.2, 0.25) is 5.91 Å². The van der Waals surface area contributed by atoms with Crippen LogP contribution in [0.2, 0.25) is 0 Å². The van der Waals surface area contributed by atoms with E-state index in [-0.39, 0.29) is 11.5 Å². The second kappa shape index (κ2) is 8.65. The Bertz CT molecular complexity index is 859. The predicted molar refractivity (Wildman–Crippen MR) is 108 cm³/mol. The van der Waals surface area contributed by atoms with E-state index < -0.39 is 0 Å². The lowest BCUT2D eigenvalue weighted by Crippen LogP contribution is -2.43. The Labute approximate surface area is 160 Å². The molecule has 27 heavy (non-hydrogen) atoms. The van der Waals surface area contributed by atoms with Gasteiger partial charge in [-0.15, -0.1) is 0 Å². The van der Waals surface area contributed by atoms with Gasteiger partial charge < -0.3 is 10.2 Å². The van der Waals surface area contributed by atoms with Crippen molar-refractivity contribution in [3.63, 3.8) is 0 Å². The highest BCUT2D eigenvalue weighted by Crippen LogP contribution is 2.17. The Balaban J connectivity index is 1.53. The number of aromatic nitrogens is 2. The third kappa shape index (κ3) is 4.75. The molecule has 1 aliphatic heterocycles. The van der Waals surface area contributed by atoms with E-state index in [9.17, 15) is 9.59 Å². The van der Waals surface area contributed by atoms with Crippen molar-refractivity contribution in [1.29, 1.82) is 0 Å². The first-order chi connectivity index (χ1) is 13.0. The Morgan fingerprint density at radius 1 is 1.37 bits per heavy atom. The van der Waals surface area contributed by atoms with Crippen LogP contribution in [-0.2, 0) is 11.3 Å². The summed E-state index contributed by atoms with van der Waals surface area (Å²) < 4.78 is 1.53. The minimum atomic E-state index is -0.0867. The van der Waals surface area contributed by atoms with Gasteiger partial charge in [-0.1, -0.05) is 12.1 Å². The fourth-order valence-corrected chi connectivity index (χ4v) is 3.80. The fourth-order valence-electron chi connectivity index (χ4n) is 3.80. The average Bonchev–Trinajstić information content (AvgIpc) is 2.66. The van der Waals surface area contributed by atoms with Crippen LogP contribution in [0.5, 0.6) is 0 Å². The van der Waals surface area contributed by atoms with Gasteiger partial charge in [0.15, 0.2) is 0 Å². The molecular weight excluding hydrogens is 340 g/mol. The second-order valence-electron chi connectivity index (χ2n) is 7.87. The van der Waals surface area contributed by atoms with E-state index in [2.05, 4.69) is 29.0 Å². The zero-order valence-electron chi connectivity index (χ0n) is 16.6. The molecule has 1 amide bonds. The predicted octanol–water partition coefficient (Wildman–Crippen LogP) is 2.33. The van der Waals surface area contributed by atoms with Crippen LogP contribution in [0, 0.1) is 12.8 Å². The van der Waals surface area contributed by atoms with Crippen molar-refractivity contribution < 1.29 is 4.79 Å². The fraction of sp³-hybridized carbons (Fsp3) is 0.571. The van der Waals surface area contributed by atoms with Gasteiger partial charge in [-0.05, 0) is 57.7 Å². The van der Waals surface area contributed by atoms with Crippen molar-refractivity contribution in [3.05, 3.63) is 40.4 Å². The van der Waals surface area contributed by atoms with Crippen molar-refractivity contribution in [2.45, 2.75) is 52.6 Å². The number of aryl methyl sites for hydroxylation is 2. The van der Waals surface area contributed by atoms with Gasteiger partial charge in [0.05, 0.1) is 17.2 Å². The monoisotopic (exact) mass is 370 g/mol. The molecule has 1 aliphatic rings. The van der Waals surface area contributed by atoms with Gasteiger partial charge in [0.1, 0.15) is 0 Å². The van der Waals surface area contributed by atoms with Crippen LogP contribution in [0.3, 0.4) is 0 Å². The quantitative estimate of drug-likeness (QED) is 0.847. The van der Waals surface area contributed by atoms with Gasteiger partial charge in [0, 0.05) is 32.1 Å². The number of piperidine rings is 1. The average molecular weight is 370 g/mol. The molecule has 0 aliphatic carbocycles. The zero-order chi connectivity index (χ0) is 19.4. The van der Waals surface area contributed by atoms with Crippen LogP contribution in [0.15, 0.2) is 29.3 Å². The number of benzene rings is 1. The van der Waals surface area contributed by atoms with Gasteiger partial charge in [-0.2, -0.15) is 0 Å². The van der Waals surface area contributed by atoms with E-state index in [1.807, 2.05) is 19.1 Å². The molecule has 2 heterocycles. The SMILES string of the molecule is Cc1cccc2c(=O)n(CCC(=O)NCC3CCCN(C(C)C)C3)cnc12. The van der Waals surface area contributed by atoms with Crippen LogP contribution in [-0.4, -0.2) is 46.0 Å². The highest BCUT2D eigenvalue weighted by molar-refractivity contribution is 5.80. The molecule has 1 fully saturated rings. The Hall–Kier alpha value is -2.21. The number of likely N-dealkylation sites (tertiary alicyclic amines) is 1. The maximum atomic E-state index is 12.6. The maximum Gasteiger partial charge on any atom is 0.261 e. The molecule has 1 aromatic heterocycles. The standard InChI is InChI=1S/C21H30N4O2/c1-15(2)24-10-5-7-17(13-24)12-22-19(26)9-11-25-14-23-20-16(3)6-4-8-18(20)21(25)27/h4,6,8,14-15,17H,5,7,9-13H2,1-3H3,(H,22,26). The molecule has 1 N–H and O–H groups in total. The third-order valence-electron chi connectivity index (χ3n) is 5.50. The Kier molecular flexibility index (Phi) is 6.26. The van der Waals surface area contributed by atoms with Crippen molar-refractivity contribution in [2.24, 2.45) is 5.92 Å². The summed E-state index contributed by atoms with van der Waals surface area (Å²) >= 11 is 0. The number of rotatable bonds is 6. The Morgan fingerprint density at radius 3 is 2.96 bits per heavy atom. The van der Waals surface area contributed by atoms with Crippen LogP contribution in [0.1, 0.15) is 38.7 Å². The normalized spacial score (nSPS) is 18.1. The molecule has 0 radical (unpaired) electrons. The van der Waals surface area contributed by atoms with E-state index in [4.69, 9.17) is 0 Å². The summed E-state index contributed by atoms with van der Waals surface area (Å²) in [5.74, 6) is 0.506. The topological polar surface area (TPSA) is 67.2 Å². The minimum Gasteiger partial charge on any atom is -0.356 e. The van der Waals surface area contributed by atoms with E-state index in [0.717, 1.165) is 30.6 Å². The molecule has 2 aromatic rings. The van der Waals surface area contributed by atoms with Crippen LogP contribution in [0.4, 0.5) is 0 Å². The summed E-state index contributed by atoms with van der Waals surface area (Å²) in [6, 6.07) is 6.15. The zero-order valence-corrected chi connectivity index (χ0v) is 16.6. The highest BCUT2D eigenvalue weighted by Gasteiger charge is 2.21. The molecule has 0 spiro atoms. The van der Waals surface area contributed by atoms with Gasteiger partial charge in [-0.25, -0.2) is 4.98 Å². The summed E-state index contributed by atoms with van der Waals surface area (Å²) in [4.78, 5) is 31.7. The molecule has 1 atom stereocenters. The summed E-state index contributed by atoms with van der Waals surface area (Å²) in [5.41, 5.74) is 1.63. The van der Waals surface area contributed by atoms with Crippen molar-refractivity contribution >= 4 is 16.8 Å². The van der Waals surface area contributed by atoms with Crippen molar-refractivity contribution in [3.8, 4) is 0 Å². The molecular formula is C21H30N4O2. The first-order valence-electron chi connectivity index (χ1n) is 9.91. The number of hydrogen-bond acceptors (Lipinski definition) is 4. The molecule has 1 aromatic carbocycles. The maximum absolute atomic E-state index is 12.6. The first kappa shape index (κ1) is 19.5. The van der Waals surface area contributed by atoms with Gasteiger partial charge in [0.25, 0.3) is 5.56 Å². The minimum absolute atomic E-state index is 0.00657. The van der Waals surface area contributed by atoms with Crippen molar-refractivity contribution in [2.75, 3.05) is 19.6 Å². The molecule has 1 saturated heterocycles. The number of nitrogens with one attached hydrogen (secondary N) is 1. The van der Waals surface area contributed by atoms with Crippen molar-refractivity contribution in [1.82, 2.24) is 19.8 Å². The molecule has 6 heteroatoms. The van der Waals surface area contributed by atoms with E-state index in [1.165, 1.54) is 11.0 Å². The number of carbonyl (C=O) groups is 1. The summed E-state index contributed by atoms with van der Waals surface area (Å²) in [5, 5.41) is 3.65. The van der Waals surface area contributed by atoms with Crippen LogP contribution >= 0.6 is 0 Å². The van der Waals surface area contributed by atoms with Crippen LogP contribution in [0.25, 0.3) is 10.9 Å². The summed E-state index contributed by atoms with van der Waals surface area (Å²) in [6.45, 7) is 9.65. The van der Waals surface area contributed by atoms with E-state index in [1.54, 1.807) is 12.4 Å². The van der Waals surface area contributed by atoms with E-state index >= 15 is 0 Å². The third-order valence-corrected chi connectivity index (χ3v) is 5.50. The number of carbonyl (C=O) groups excluding carboxylic acids is 1. The first-order valence-corrected chi connectivity index (χ1v) is 9.91. The lowest BCUT2D eigenvalue weighted by atomic mass is 9.97. The van der Waals surface area contributed by atoms with Gasteiger partial charge in [-0.3, -0.25) is 14.2 Å². The molecule has 146 valence electrons. The molecule has 3 rings (SSSR count). The smallest absolute Gasteiger partial charge is 0.261 e. The largest absolute Gasteiger partial charge is 0.356 e. The number of fused-ring (bicyclic) bond motifs is 1. The molecule has 0 saturated carbocycles. The Morgan fingerprint density at radius 2 is 2.19 bits per heavy atom. The summed E-state index contributed by atoms with van der Waals surface area (Å²) in [6.07, 6.45) is 4.19. The lowest BCUT2D eigenvalue weighted by Gasteiger charge is -2.35. The van der Waals surface area contributed by atoms with Crippen LogP contribution < -0.4 is 10.9 Å².